The molecule has 1 saturated carbocycles. The first-order chi connectivity index (χ1) is 6.09. The molecule has 2 unspecified atom stereocenters. The van der Waals surface area contributed by atoms with Crippen molar-refractivity contribution in [1.29, 1.82) is 0 Å². The van der Waals surface area contributed by atoms with E-state index in [-0.39, 0.29) is 6.10 Å². The molecule has 1 rings (SSSR count). The first kappa shape index (κ1) is 11.0. The van der Waals surface area contributed by atoms with Crippen molar-refractivity contribution in [2.75, 3.05) is 13.6 Å². The minimum atomic E-state index is -0.0284. The van der Waals surface area contributed by atoms with Gasteiger partial charge in [0.2, 0.25) is 0 Å². The third-order valence-corrected chi connectivity index (χ3v) is 3.18. The molecule has 1 N–H and O–H groups in total. The van der Waals surface area contributed by atoms with Gasteiger partial charge in [-0.25, -0.2) is 0 Å². The van der Waals surface area contributed by atoms with Gasteiger partial charge in [0, 0.05) is 12.6 Å². The van der Waals surface area contributed by atoms with Crippen LogP contribution in [-0.2, 0) is 0 Å². The van der Waals surface area contributed by atoms with Gasteiger partial charge in [0.15, 0.2) is 0 Å². The lowest BCUT2D eigenvalue weighted by molar-refractivity contribution is 0.0834. The molecule has 13 heavy (non-hydrogen) atoms. The fraction of sp³-hybridized carbons (Fsp3) is 1.00. The molecular formula is C11H23NO. The minimum Gasteiger partial charge on any atom is -0.393 e. The first-order valence-corrected chi connectivity index (χ1v) is 5.48. The standard InChI is InChI=1S/C11H23NO/c1-9(2)12(3)8-10-5-4-6-11(13)7-10/h9-11,13H,4-8H2,1-3H3. The highest BCUT2D eigenvalue weighted by Crippen LogP contribution is 2.24. The van der Waals surface area contributed by atoms with Gasteiger partial charge in [0.25, 0.3) is 0 Å². The van der Waals surface area contributed by atoms with Crippen LogP contribution in [0.4, 0.5) is 0 Å². The van der Waals surface area contributed by atoms with Crippen LogP contribution in [0, 0.1) is 5.92 Å². The largest absolute Gasteiger partial charge is 0.393 e. The summed E-state index contributed by atoms with van der Waals surface area (Å²) >= 11 is 0. The van der Waals surface area contributed by atoms with Crippen LogP contribution in [0.25, 0.3) is 0 Å². The van der Waals surface area contributed by atoms with Crippen molar-refractivity contribution >= 4 is 0 Å². The van der Waals surface area contributed by atoms with E-state index in [1.807, 2.05) is 0 Å². The van der Waals surface area contributed by atoms with Crippen LogP contribution in [0.2, 0.25) is 0 Å². The van der Waals surface area contributed by atoms with Gasteiger partial charge in [-0.1, -0.05) is 6.42 Å². The second-order valence-corrected chi connectivity index (χ2v) is 4.72. The zero-order valence-electron chi connectivity index (χ0n) is 9.16. The van der Waals surface area contributed by atoms with Crippen LogP contribution < -0.4 is 0 Å². The van der Waals surface area contributed by atoms with Gasteiger partial charge < -0.3 is 10.0 Å². The van der Waals surface area contributed by atoms with Crippen LogP contribution in [0.1, 0.15) is 39.5 Å². The van der Waals surface area contributed by atoms with Crippen LogP contribution in [0.15, 0.2) is 0 Å². The highest BCUT2D eigenvalue weighted by atomic mass is 16.3. The highest BCUT2D eigenvalue weighted by molar-refractivity contribution is 4.75. The van der Waals surface area contributed by atoms with Gasteiger partial charge in [-0.2, -0.15) is 0 Å². The Morgan fingerprint density at radius 2 is 2.08 bits per heavy atom. The van der Waals surface area contributed by atoms with Gasteiger partial charge >= 0.3 is 0 Å². The molecule has 78 valence electrons. The molecular weight excluding hydrogens is 162 g/mol. The molecule has 0 amide bonds. The lowest BCUT2D eigenvalue weighted by Crippen LogP contribution is -2.34. The van der Waals surface area contributed by atoms with Crippen molar-refractivity contribution in [2.24, 2.45) is 5.92 Å². The molecule has 0 spiro atoms. The first-order valence-electron chi connectivity index (χ1n) is 5.48. The van der Waals surface area contributed by atoms with E-state index >= 15 is 0 Å². The number of nitrogens with zero attached hydrogens (tertiary/aromatic N) is 1. The van der Waals surface area contributed by atoms with E-state index in [1.165, 1.54) is 12.8 Å². The van der Waals surface area contributed by atoms with Crippen LogP contribution >= 0.6 is 0 Å². The molecule has 1 fully saturated rings. The van der Waals surface area contributed by atoms with Crippen LogP contribution in [0.5, 0.6) is 0 Å². The smallest absolute Gasteiger partial charge is 0.0543 e. The Labute approximate surface area is 81.9 Å². The monoisotopic (exact) mass is 185 g/mol. The van der Waals surface area contributed by atoms with Gasteiger partial charge in [0.05, 0.1) is 6.10 Å². The quantitative estimate of drug-likeness (QED) is 0.725. The molecule has 2 heteroatoms. The summed E-state index contributed by atoms with van der Waals surface area (Å²) in [6.45, 7) is 5.59. The Morgan fingerprint density at radius 1 is 1.38 bits per heavy atom. The van der Waals surface area contributed by atoms with Crippen molar-refractivity contribution in [3.8, 4) is 0 Å². The molecule has 0 bridgehead atoms. The third-order valence-electron chi connectivity index (χ3n) is 3.18. The number of rotatable bonds is 3. The Hall–Kier alpha value is -0.0800. The van der Waals surface area contributed by atoms with E-state index in [0.717, 1.165) is 25.3 Å². The highest BCUT2D eigenvalue weighted by Gasteiger charge is 2.21. The van der Waals surface area contributed by atoms with Gasteiger partial charge in [-0.05, 0) is 46.1 Å². The maximum absolute atomic E-state index is 9.51. The molecule has 0 heterocycles. The molecule has 2 nitrogen and oxygen atoms in total. The van der Waals surface area contributed by atoms with Crippen LogP contribution in [0.3, 0.4) is 0 Å². The van der Waals surface area contributed by atoms with Crippen LogP contribution in [-0.4, -0.2) is 35.7 Å². The summed E-state index contributed by atoms with van der Waals surface area (Å²) in [6.07, 6.45) is 4.50. The van der Waals surface area contributed by atoms with E-state index in [0.29, 0.717) is 6.04 Å². The second kappa shape index (κ2) is 4.97. The van der Waals surface area contributed by atoms with Crippen molar-refractivity contribution in [3.63, 3.8) is 0 Å². The summed E-state index contributed by atoms with van der Waals surface area (Å²) in [5.74, 6) is 0.719. The second-order valence-electron chi connectivity index (χ2n) is 4.72. The zero-order valence-corrected chi connectivity index (χ0v) is 9.16. The Kier molecular flexibility index (Phi) is 4.20. The molecule has 2 atom stereocenters. The van der Waals surface area contributed by atoms with Gasteiger partial charge in [-0.3, -0.25) is 0 Å². The number of hydrogen-bond donors (Lipinski definition) is 1. The molecule has 1 aliphatic rings. The van der Waals surface area contributed by atoms with Crippen molar-refractivity contribution < 1.29 is 5.11 Å². The maximum atomic E-state index is 9.51. The summed E-state index contributed by atoms with van der Waals surface area (Å²) in [4.78, 5) is 2.38. The Bertz CT molecular complexity index is 147. The SMILES string of the molecule is CC(C)N(C)CC1CCCC(O)C1. The lowest BCUT2D eigenvalue weighted by atomic mass is 9.87. The summed E-state index contributed by atoms with van der Waals surface area (Å²) in [6, 6.07) is 0.624. The average molecular weight is 185 g/mol. The summed E-state index contributed by atoms with van der Waals surface area (Å²) in [5, 5.41) is 9.51. The van der Waals surface area contributed by atoms with Crippen molar-refractivity contribution in [3.05, 3.63) is 0 Å². The lowest BCUT2D eigenvalue weighted by Gasteiger charge is -2.31. The Morgan fingerprint density at radius 3 is 2.62 bits per heavy atom. The predicted molar refractivity (Wildman–Crippen MR) is 55.7 cm³/mol. The summed E-state index contributed by atoms with van der Waals surface area (Å²) in [5.41, 5.74) is 0. The number of hydrogen-bond acceptors (Lipinski definition) is 2. The Balaban J connectivity index is 2.27. The molecule has 0 aromatic carbocycles. The minimum absolute atomic E-state index is 0.0284. The molecule has 0 aliphatic heterocycles. The third kappa shape index (κ3) is 3.65. The number of aliphatic hydroxyl groups is 1. The van der Waals surface area contributed by atoms with Crippen molar-refractivity contribution in [2.45, 2.75) is 51.7 Å². The molecule has 1 aliphatic carbocycles. The normalized spacial score (nSPS) is 30.0. The predicted octanol–water partition coefficient (Wildman–Crippen LogP) is 1.88. The zero-order chi connectivity index (χ0) is 9.84. The summed E-state index contributed by atoms with van der Waals surface area (Å²) < 4.78 is 0. The number of aliphatic hydroxyl groups excluding tert-OH is 1. The maximum Gasteiger partial charge on any atom is 0.0543 e. The van der Waals surface area contributed by atoms with Gasteiger partial charge in [0.1, 0.15) is 0 Å². The van der Waals surface area contributed by atoms with E-state index in [4.69, 9.17) is 0 Å². The van der Waals surface area contributed by atoms with E-state index < -0.39 is 0 Å². The van der Waals surface area contributed by atoms with Gasteiger partial charge in [-0.15, -0.1) is 0 Å². The van der Waals surface area contributed by atoms with E-state index in [2.05, 4.69) is 25.8 Å². The van der Waals surface area contributed by atoms with Crippen molar-refractivity contribution in [1.82, 2.24) is 4.90 Å². The average Bonchev–Trinajstić information content (AvgIpc) is 2.04. The fourth-order valence-electron chi connectivity index (χ4n) is 2.05. The molecule has 0 aromatic rings. The topological polar surface area (TPSA) is 23.5 Å². The summed E-state index contributed by atoms with van der Waals surface area (Å²) in [7, 11) is 2.17. The van der Waals surface area contributed by atoms with E-state index in [9.17, 15) is 5.11 Å². The fourth-order valence-corrected chi connectivity index (χ4v) is 2.05. The van der Waals surface area contributed by atoms with E-state index in [1.54, 1.807) is 0 Å². The molecule has 0 saturated heterocycles. The molecule has 0 aromatic heterocycles. The molecule has 0 radical (unpaired) electrons.